The number of nitrogens with zero attached hydrogens (tertiary/aromatic N) is 2. The predicted molar refractivity (Wildman–Crippen MR) is 72.7 cm³/mol. The summed E-state index contributed by atoms with van der Waals surface area (Å²) in [4.78, 5) is 27.1. The van der Waals surface area contributed by atoms with Crippen LogP contribution in [-0.4, -0.2) is 29.4 Å². The second kappa shape index (κ2) is 5.09. The van der Waals surface area contributed by atoms with Crippen LogP contribution in [0.4, 0.5) is 19.3 Å². The van der Waals surface area contributed by atoms with Gasteiger partial charge in [-0.15, -0.1) is 0 Å². The fraction of sp³-hybridized carbons (Fsp3) is 0.467. The highest BCUT2D eigenvalue weighted by molar-refractivity contribution is 6.21. The summed E-state index contributed by atoms with van der Waals surface area (Å²) in [7, 11) is 0. The number of carbonyl (C=O) groups is 2. The molecule has 1 aromatic carbocycles. The summed E-state index contributed by atoms with van der Waals surface area (Å²) in [5.74, 6) is -1.65. The van der Waals surface area contributed by atoms with E-state index in [1.807, 2.05) is 0 Å². The molecule has 2 aliphatic heterocycles. The Morgan fingerprint density at radius 3 is 2.71 bits per heavy atom. The van der Waals surface area contributed by atoms with E-state index in [0.29, 0.717) is 24.9 Å². The molecule has 0 saturated carbocycles. The van der Waals surface area contributed by atoms with Crippen LogP contribution in [0, 0.1) is 17.6 Å². The van der Waals surface area contributed by atoms with E-state index in [1.54, 1.807) is 0 Å². The monoisotopic (exact) mass is 294 g/mol. The maximum Gasteiger partial charge on any atom is 0.332 e. The minimum Gasteiger partial charge on any atom is -0.312 e. The Morgan fingerprint density at radius 1 is 1.29 bits per heavy atom. The molecule has 112 valence electrons. The Hall–Kier alpha value is -1.98. The van der Waals surface area contributed by atoms with Crippen LogP contribution in [0.5, 0.6) is 0 Å². The van der Waals surface area contributed by atoms with E-state index in [-0.39, 0.29) is 5.69 Å². The molecule has 4 nitrogen and oxygen atoms in total. The third kappa shape index (κ3) is 2.18. The Balaban J connectivity index is 1.94. The fourth-order valence-corrected chi connectivity index (χ4v) is 3.13. The predicted octanol–water partition coefficient (Wildman–Crippen LogP) is 2.92. The SMILES string of the molecule is CCC1CCN2C(=O)N(c3ccc(F)cc3F)C(=O)C2C1. The quantitative estimate of drug-likeness (QED) is 0.787. The van der Waals surface area contributed by atoms with Crippen molar-refractivity contribution in [1.82, 2.24) is 4.90 Å². The van der Waals surface area contributed by atoms with Crippen molar-refractivity contribution in [1.29, 1.82) is 0 Å². The Bertz CT molecular complexity index is 605. The van der Waals surface area contributed by atoms with Gasteiger partial charge in [0.2, 0.25) is 0 Å². The average Bonchev–Trinajstić information content (AvgIpc) is 2.71. The molecular weight excluding hydrogens is 278 g/mol. The van der Waals surface area contributed by atoms with Crippen LogP contribution < -0.4 is 4.90 Å². The van der Waals surface area contributed by atoms with Crippen LogP contribution in [0.2, 0.25) is 0 Å². The third-order valence-corrected chi connectivity index (χ3v) is 4.38. The molecule has 1 aromatic rings. The molecule has 2 unspecified atom stereocenters. The second-order valence-corrected chi connectivity index (χ2v) is 5.56. The first-order chi connectivity index (χ1) is 10.0. The first-order valence-electron chi connectivity index (χ1n) is 7.12. The molecule has 2 heterocycles. The lowest BCUT2D eigenvalue weighted by Gasteiger charge is -2.31. The van der Waals surface area contributed by atoms with E-state index in [1.165, 1.54) is 4.90 Å². The molecular formula is C15H16F2N2O2. The number of halogens is 2. The van der Waals surface area contributed by atoms with Crippen molar-refractivity contribution in [2.24, 2.45) is 5.92 Å². The summed E-state index contributed by atoms with van der Waals surface area (Å²) in [6, 6.07) is 1.84. The van der Waals surface area contributed by atoms with Gasteiger partial charge in [-0.2, -0.15) is 0 Å². The molecule has 3 rings (SSSR count). The number of fused-ring (bicyclic) bond motifs is 1. The van der Waals surface area contributed by atoms with E-state index in [2.05, 4.69) is 6.92 Å². The molecule has 0 aliphatic carbocycles. The van der Waals surface area contributed by atoms with Crippen LogP contribution in [0.25, 0.3) is 0 Å². The molecule has 3 amide bonds. The van der Waals surface area contributed by atoms with Gasteiger partial charge in [-0.1, -0.05) is 13.3 Å². The first-order valence-corrected chi connectivity index (χ1v) is 7.12. The lowest BCUT2D eigenvalue weighted by molar-refractivity contribution is -0.120. The van der Waals surface area contributed by atoms with E-state index in [9.17, 15) is 18.4 Å². The molecule has 2 saturated heterocycles. The molecule has 0 aromatic heterocycles. The van der Waals surface area contributed by atoms with Crippen LogP contribution >= 0.6 is 0 Å². The number of hydrogen-bond donors (Lipinski definition) is 0. The normalized spacial score (nSPS) is 25.5. The molecule has 6 heteroatoms. The van der Waals surface area contributed by atoms with Crippen molar-refractivity contribution in [3.63, 3.8) is 0 Å². The number of anilines is 1. The molecule has 0 bridgehead atoms. The number of piperidine rings is 1. The largest absolute Gasteiger partial charge is 0.332 e. The lowest BCUT2D eigenvalue weighted by Crippen LogP contribution is -2.42. The van der Waals surface area contributed by atoms with E-state index in [4.69, 9.17) is 0 Å². The number of urea groups is 1. The summed E-state index contributed by atoms with van der Waals surface area (Å²) in [5, 5.41) is 0. The summed E-state index contributed by atoms with van der Waals surface area (Å²) in [6.07, 6.45) is 2.42. The zero-order valence-electron chi connectivity index (χ0n) is 11.7. The second-order valence-electron chi connectivity index (χ2n) is 5.56. The van der Waals surface area contributed by atoms with E-state index in [0.717, 1.165) is 29.9 Å². The maximum atomic E-state index is 13.9. The maximum absolute atomic E-state index is 13.9. The number of carbonyl (C=O) groups excluding carboxylic acids is 2. The van der Waals surface area contributed by atoms with Gasteiger partial charge in [0.15, 0.2) is 0 Å². The van der Waals surface area contributed by atoms with Crippen molar-refractivity contribution in [3.8, 4) is 0 Å². The average molecular weight is 294 g/mol. The Morgan fingerprint density at radius 2 is 2.05 bits per heavy atom. The van der Waals surface area contributed by atoms with Crippen molar-refractivity contribution in [2.45, 2.75) is 32.2 Å². The van der Waals surface area contributed by atoms with Crippen LogP contribution in [0.1, 0.15) is 26.2 Å². The third-order valence-electron chi connectivity index (χ3n) is 4.38. The van der Waals surface area contributed by atoms with Gasteiger partial charge in [-0.05, 0) is 30.9 Å². The van der Waals surface area contributed by atoms with Gasteiger partial charge in [-0.3, -0.25) is 4.79 Å². The van der Waals surface area contributed by atoms with E-state index >= 15 is 0 Å². The minimum atomic E-state index is -0.899. The Kier molecular flexibility index (Phi) is 3.39. The number of hydrogen-bond acceptors (Lipinski definition) is 2. The van der Waals surface area contributed by atoms with Crippen LogP contribution in [-0.2, 0) is 4.79 Å². The summed E-state index contributed by atoms with van der Waals surface area (Å²) in [5.41, 5.74) is -0.172. The van der Waals surface area contributed by atoms with Crippen molar-refractivity contribution < 1.29 is 18.4 Å². The fourth-order valence-electron chi connectivity index (χ4n) is 3.13. The van der Waals surface area contributed by atoms with Crippen molar-refractivity contribution in [3.05, 3.63) is 29.8 Å². The summed E-state index contributed by atoms with van der Waals surface area (Å²) in [6.45, 7) is 2.56. The van der Waals surface area contributed by atoms with Gasteiger partial charge in [0.1, 0.15) is 17.7 Å². The smallest absolute Gasteiger partial charge is 0.312 e. The number of rotatable bonds is 2. The molecule has 2 aliphatic rings. The van der Waals surface area contributed by atoms with Crippen LogP contribution in [0.15, 0.2) is 18.2 Å². The zero-order chi connectivity index (χ0) is 15.1. The molecule has 0 spiro atoms. The van der Waals surface area contributed by atoms with Gasteiger partial charge in [0.25, 0.3) is 5.91 Å². The van der Waals surface area contributed by atoms with E-state index < -0.39 is 29.6 Å². The summed E-state index contributed by atoms with van der Waals surface area (Å²) >= 11 is 0. The highest BCUT2D eigenvalue weighted by Gasteiger charge is 2.48. The molecule has 0 N–H and O–H groups in total. The van der Waals surface area contributed by atoms with Gasteiger partial charge in [0.05, 0.1) is 5.69 Å². The zero-order valence-corrected chi connectivity index (χ0v) is 11.7. The van der Waals surface area contributed by atoms with Gasteiger partial charge in [0, 0.05) is 12.6 Å². The molecule has 2 fully saturated rings. The topological polar surface area (TPSA) is 40.6 Å². The van der Waals surface area contributed by atoms with Gasteiger partial charge < -0.3 is 4.90 Å². The molecule has 21 heavy (non-hydrogen) atoms. The standard InChI is InChI=1S/C15H16F2N2O2/c1-2-9-5-6-18-13(7-9)14(20)19(15(18)21)12-4-3-10(16)8-11(12)17/h3-4,8-9,13H,2,5-7H2,1H3. The number of amides is 3. The minimum absolute atomic E-state index is 0.172. The number of imide groups is 1. The molecule has 2 atom stereocenters. The highest BCUT2D eigenvalue weighted by Crippen LogP contribution is 2.35. The van der Waals surface area contributed by atoms with Gasteiger partial charge in [-0.25, -0.2) is 18.5 Å². The Labute approximate surface area is 121 Å². The lowest BCUT2D eigenvalue weighted by atomic mass is 9.89. The van der Waals surface area contributed by atoms with Crippen molar-refractivity contribution >= 4 is 17.6 Å². The van der Waals surface area contributed by atoms with Crippen LogP contribution in [0.3, 0.4) is 0 Å². The summed E-state index contributed by atoms with van der Waals surface area (Å²) < 4.78 is 26.8. The van der Waals surface area contributed by atoms with Crippen molar-refractivity contribution in [2.75, 3.05) is 11.4 Å². The molecule has 0 radical (unpaired) electrons. The highest BCUT2D eigenvalue weighted by atomic mass is 19.1. The van der Waals surface area contributed by atoms with Gasteiger partial charge >= 0.3 is 6.03 Å². The number of benzene rings is 1. The first kappa shape index (κ1) is 14.0.